The molecule has 0 amide bonds. The van der Waals surface area contributed by atoms with Crippen LogP contribution in [0.3, 0.4) is 0 Å². The first-order valence-electron chi connectivity index (χ1n) is 5.89. The van der Waals surface area contributed by atoms with Gasteiger partial charge in [0.05, 0.1) is 0 Å². The molecule has 0 bridgehead atoms. The molecule has 108 valence electrons. The summed E-state index contributed by atoms with van der Waals surface area (Å²) in [4.78, 5) is 0. The molecule has 0 saturated carbocycles. The average Bonchev–Trinajstić information content (AvgIpc) is 2.34. The Morgan fingerprint density at radius 3 is 2.37 bits per heavy atom. The molecule has 19 heavy (non-hydrogen) atoms. The Morgan fingerprint density at radius 1 is 1.26 bits per heavy atom. The van der Waals surface area contributed by atoms with Crippen LogP contribution in [0.1, 0.15) is 18.4 Å². The van der Waals surface area contributed by atoms with Crippen LogP contribution in [-0.4, -0.2) is 31.1 Å². The molecule has 0 unspecified atom stereocenters. The van der Waals surface area contributed by atoms with E-state index >= 15 is 0 Å². The molecule has 0 aliphatic rings. The van der Waals surface area contributed by atoms with Crippen molar-refractivity contribution in [2.24, 2.45) is 0 Å². The molecule has 1 aromatic carbocycles. The Kier molecular flexibility index (Phi) is 6.84. The molecule has 0 spiro atoms. The van der Waals surface area contributed by atoms with Gasteiger partial charge in [0.1, 0.15) is 9.84 Å². The monoisotopic (exact) mass is 430 g/mol. The highest BCUT2D eigenvalue weighted by molar-refractivity contribution is 9.09. The quantitative estimate of drug-likeness (QED) is 0.606. The number of sulfone groups is 1. The standard InChI is InChI=1S/C13H17Br2ClO2S/c1-19(17,18)7-3-6-13(9-14,10-15)11-4-2-5-12(16)8-11/h2,4-5,8H,3,6-7,9-10H2,1H3. The first-order chi connectivity index (χ1) is 8.83. The maximum absolute atomic E-state index is 11.2. The number of benzene rings is 1. The SMILES string of the molecule is CS(=O)(=O)CCCC(CBr)(CBr)c1cccc(Cl)c1. The summed E-state index contributed by atoms with van der Waals surface area (Å²) >= 11 is 13.2. The summed E-state index contributed by atoms with van der Waals surface area (Å²) < 4.78 is 22.5. The van der Waals surface area contributed by atoms with E-state index < -0.39 is 9.84 Å². The molecule has 1 rings (SSSR count). The van der Waals surface area contributed by atoms with Crippen molar-refractivity contribution in [3.05, 3.63) is 34.9 Å². The second-order valence-corrected chi connectivity index (χ2v) is 8.61. The summed E-state index contributed by atoms with van der Waals surface area (Å²) in [6, 6.07) is 7.75. The van der Waals surface area contributed by atoms with E-state index in [0.29, 0.717) is 11.4 Å². The van der Waals surface area contributed by atoms with Gasteiger partial charge in [0, 0.05) is 33.1 Å². The fourth-order valence-corrected chi connectivity index (χ4v) is 4.95. The third-order valence-corrected chi connectivity index (χ3v) is 6.53. The zero-order valence-electron chi connectivity index (χ0n) is 10.7. The molecule has 0 heterocycles. The molecular formula is C13H17Br2ClO2S. The van der Waals surface area contributed by atoms with Crippen LogP contribution in [0.5, 0.6) is 0 Å². The van der Waals surface area contributed by atoms with Gasteiger partial charge in [-0.15, -0.1) is 0 Å². The van der Waals surface area contributed by atoms with Gasteiger partial charge < -0.3 is 0 Å². The number of rotatable bonds is 7. The van der Waals surface area contributed by atoms with Gasteiger partial charge >= 0.3 is 0 Å². The minimum atomic E-state index is -2.91. The van der Waals surface area contributed by atoms with Crippen LogP contribution in [-0.2, 0) is 15.3 Å². The van der Waals surface area contributed by atoms with Crippen molar-refractivity contribution >= 4 is 53.3 Å². The summed E-state index contributed by atoms with van der Waals surface area (Å²) in [6.07, 6.45) is 2.70. The van der Waals surface area contributed by atoms with Crippen molar-refractivity contribution in [1.29, 1.82) is 0 Å². The number of alkyl halides is 2. The molecule has 0 radical (unpaired) electrons. The van der Waals surface area contributed by atoms with Crippen molar-refractivity contribution in [1.82, 2.24) is 0 Å². The summed E-state index contributed by atoms with van der Waals surface area (Å²) in [5, 5.41) is 2.22. The molecule has 0 saturated heterocycles. The first-order valence-corrected chi connectivity index (χ1v) is 10.6. The Bertz CT molecular complexity index is 513. The van der Waals surface area contributed by atoms with E-state index in [9.17, 15) is 8.42 Å². The van der Waals surface area contributed by atoms with Crippen molar-refractivity contribution in [3.8, 4) is 0 Å². The Balaban J connectivity index is 2.91. The molecule has 0 N–H and O–H groups in total. The van der Waals surface area contributed by atoms with Gasteiger partial charge in [-0.05, 0) is 30.5 Å². The van der Waals surface area contributed by atoms with Gasteiger partial charge in [-0.3, -0.25) is 0 Å². The largest absolute Gasteiger partial charge is 0.229 e. The molecule has 0 fully saturated rings. The highest BCUT2D eigenvalue weighted by Gasteiger charge is 2.30. The van der Waals surface area contributed by atoms with Crippen molar-refractivity contribution in [2.75, 3.05) is 22.7 Å². The lowest BCUT2D eigenvalue weighted by molar-refractivity contribution is 0.495. The van der Waals surface area contributed by atoms with Gasteiger partial charge in [0.2, 0.25) is 0 Å². The molecule has 6 heteroatoms. The summed E-state index contributed by atoms with van der Waals surface area (Å²) in [6.45, 7) is 0. The molecule has 0 aromatic heterocycles. The van der Waals surface area contributed by atoms with E-state index in [1.54, 1.807) is 0 Å². The fraction of sp³-hybridized carbons (Fsp3) is 0.538. The van der Waals surface area contributed by atoms with Crippen LogP contribution in [0, 0.1) is 0 Å². The first kappa shape index (κ1) is 17.5. The van der Waals surface area contributed by atoms with E-state index in [-0.39, 0.29) is 11.2 Å². The predicted octanol–water partition coefficient (Wildman–Crippen LogP) is 4.19. The third kappa shape index (κ3) is 5.37. The van der Waals surface area contributed by atoms with Crippen LogP contribution >= 0.6 is 43.5 Å². The second-order valence-electron chi connectivity index (χ2n) is 4.79. The minimum absolute atomic E-state index is 0.129. The Labute approximate surface area is 137 Å². The summed E-state index contributed by atoms with van der Waals surface area (Å²) in [5.74, 6) is 0.218. The van der Waals surface area contributed by atoms with Crippen LogP contribution in [0.4, 0.5) is 0 Å². The Hall–Kier alpha value is 0.420. The van der Waals surface area contributed by atoms with Crippen LogP contribution in [0.15, 0.2) is 24.3 Å². The van der Waals surface area contributed by atoms with Crippen LogP contribution in [0.25, 0.3) is 0 Å². The van der Waals surface area contributed by atoms with Crippen LogP contribution < -0.4 is 0 Å². The lowest BCUT2D eigenvalue weighted by Crippen LogP contribution is -2.31. The van der Waals surface area contributed by atoms with E-state index in [0.717, 1.165) is 22.6 Å². The summed E-state index contributed by atoms with van der Waals surface area (Å²) in [7, 11) is -2.91. The normalized spacial score (nSPS) is 12.6. The highest BCUT2D eigenvalue weighted by atomic mass is 79.9. The lowest BCUT2D eigenvalue weighted by Gasteiger charge is -2.31. The molecule has 0 aliphatic heterocycles. The maximum atomic E-state index is 11.2. The van der Waals surface area contributed by atoms with E-state index in [1.807, 2.05) is 24.3 Å². The molecule has 0 atom stereocenters. The van der Waals surface area contributed by atoms with Gasteiger partial charge in [0.15, 0.2) is 0 Å². The molecular weight excluding hydrogens is 415 g/mol. The minimum Gasteiger partial charge on any atom is -0.229 e. The zero-order chi connectivity index (χ0) is 14.5. The van der Waals surface area contributed by atoms with Crippen LogP contribution in [0.2, 0.25) is 5.02 Å². The molecule has 2 nitrogen and oxygen atoms in total. The maximum Gasteiger partial charge on any atom is 0.147 e. The number of hydrogen-bond acceptors (Lipinski definition) is 2. The van der Waals surface area contributed by atoms with Gasteiger partial charge in [-0.25, -0.2) is 8.42 Å². The van der Waals surface area contributed by atoms with Crippen molar-refractivity contribution in [3.63, 3.8) is 0 Å². The summed E-state index contributed by atoms with van der Waals surface area (Å²) in [5.41, 5.74) is 0.998. The number of hydrogen-bond donors (Lipinski definition) is 0. The number of halogens is 3. The second kappa shape index (κ2) is 7.43. The molecule has 0 aliphatic carbocycles. The van der Waals surface area contributed by atoms with Crippen molar-refractivity contribution < 1.29 is 8.42 Å². The van der Waals surface area contributed by atoms with E-state index in [4.69, 9.17) is 11.6 Å². The molecule has 1 aromatic rings. The topological polar surface area (TPSA) is 34.1 Å². The smallest absolute Gasteiger partial charge is 0.147 e. The third-order valence-electron chi connectivity index (χ3n) is 3.12. The van der Waals surface area contributed by atoms with Crippen molar-refractivity contribution in [2.45, 2.75) is 18.3 Å². The van der Waals surface area contributed by atoms with Gasteiger partial charge in [0.25, 0.3) is 0 Å². The van der Waals surface area contributed by atoms with Gasteiger partial charge in [-0.2, -0.15) is 0 Å². The highest BCUT2D eigenvalue weighted by Crippen LogP contribution is 2.35. The zero-order valence-corrected chi connectivity index (χ0v) is 15.4. The average molecular weight is 433 g/mol. The van der Waals surface area contributed by atoms with Gasteiger partial charge in [-0.1, -0.05) is 55.6 Å². The lowest BCUT2D eigenvalue weighted by atomic mass is 9.80. The van der Waals surface area contributed by atoms with E-state index in [2.05, 4.69) is 31.9 Å². The Morgan fingerprint density at radius 2 is 1.89 bits per heavy atom. The predicted molar refractivity (Wildman–Crippen MR) is 89.7 cm³/mol. The fourth-order valence-electron chi connectivity index (χ4n) is 1.96. The van der Waals surface area contributed by atoms with E-state index in [1.165, 1.54) is 6.26 Å².